The quantitative estimate of drug-likeness (QED) is 0.634. The summed E-state index contributed by atoms with van der Waals surface area (Å²) in [5.41, 5.74) is 0.311. The summed E-state index contributed by atoms with van der Waals surface area (Å²) < 4.78 is 0. The van der Waals surface area contributed by atoms with E-state index in [4.69, 9.17) is 5.11 Å². The molecular weight excluding hydrogens is 140 g/mol. The van der Waals surface area contributed by atoms with Crippen LogP contribution in [0.3, 0.4) is 0 Å². The Morgan fingerprint density at radius 1 is 1.45 bits per heavy atom. The van der Waals surface area contributed by atoms with E-state index in [0.29, 0.717) is 23.8 Å². The molecule has 0 rings (SSSR count). The van der Waals surface area contributed by atoms with Crippen LogP contribution in [-0.4, -0.2) is 11.1 Å². The lowest BCUT2D eigenvalue weighted by atomic mass is 9.91. The second-order valence-electron chi connectivity index (χ2n) is 3.33. The number of hydrogen-bond donors (Lipinski definition) is 1. The van der Waals surface area contributed by atoms with Gasteiger partial charge in [-0.3, -0.25) is 0 Å². The molecule has 0 amide bonds. The van der Waals surface area contributed by atoms with Gasteiger partial charge in [0, 0.05) is 5.57 Å². The molecule has 0 spiro atoms. The third-order valence-corrected chi connectivity index (χ3v) is 2.01. The van der Waals surface area contributed by atoms with Gasteiger partial charge in [-0.2, -0.15) is 0 Å². The molecule has 0 aliphatic heterocycles. The molecule has 0 bridgehead atoms. The van der Waals surface area contributed by atoms with E-state index in [-0.39, 0.29) is 0 Å². The van der Waals surface area contributed by atoms with Gasteiger partial charge in [-0.1, -0.05) is 27.4 Å². The van der Waals surface area contributed by atoms with Crippen molar-refractivity contribution in [2.24, 2.45) is 11.8 Å². The molecule has 0 aliphatic carbocycles. The number of aliphatic carboxylic acids is 1. The van der Waals surface area contributed by atoms with Gasteiger partial charge in [0.05, 0.1) is 0 Å². The van der Waals surface area contributed by atoms with E-state index in [2.05, 4.69) is 20.4 Å². The van der Waals surface area contributed by atoms with E-state index in [1.807, 2.05) is 6.92 Å². The Labute approximate surface area is 67.9 Å². The van der Waals surface area contributed by atoms with Crippen molar-refractivity contribution in [2.75, 3.05) is 0 Å². The monoisotopic (exact) mass is 156 g/mol. The van der Waals surface area contributed by atoms with Crippen molar-refractivity contribution in [2.45, 2.75) is 27.2 Å². The predicted octanol–water partition coefficient (Wildman–Crippen LogP) is 2.31. The van der Waals surface area contributed by atoms with Gasteiger partial charge in [0.2, 0.25) is 0 Å². The molecule has 64 valence electrons. The summed E-state index contributed by atoms with van der Waals surface area (Å²) in [6, 6.07) is 0. The van der Waals surface area contributed by atoms with Gasteiger partial charge in [-0.15, -0.1) is 0 Å². The van der Waals surface area contributed by atoms with E-state index in [9.17, 15) is 4.79 Å². The van der Waals surface area contributed by atoms with Crippen LogP contribution in [0.15, 0.2) is 12.2 Å². The Bertz CT molecular complexity index is 159. The molecule has 0 heterocycles. The Morgan fingerprint density at radius 2 is 1.91 bits per heavy atom. The minimum absolute atomic E-state index is 0.311. The van der Waals surface area contributed by atoms with Gasteiger partial charge in [-0.25, -0.2) is 4.79 Å². The second kappa shape index (κ2) is 4.16. The highest BCUT2D eigenvalue weighted by molar-refractivity contribution is 5.85. The summed E-state index contributed by atoms with van der Waals surface area (Å²) in [6.07, 6.45) is 0.590. The third-order valence-electron chi connectivity index (χ3n) is 2.01. The summed E-state index contributed by atoms with van der Waals surface area (Å²) >= 11 is 0. The summed E-state index contributed by atoms with van der Waals surface area (Å²) in [5.74, 6) is 0.0437. The maximum atomic E-state index is 10.4. The van der Waals surface area contributed by atoms with Crippen LogP contribution in [0.5, 0.6) is 0 Å². The number of carboxylic acids is 1. The summed E-state index contributed by atoms with van der Waals surface area (Å²) in [5, 5.41) is 8.51. The van der Waals surface area contributed by atoms with Gasteiger partial charge in [0.15, 0.2) is 0 Å². The molecule has 2 nitrogen and oxygen atoms in total. The fraction of sp³-hybridized carbons (Fsp3) is 0.667. The van der Waals surface area contributed by atoms with Crippen LogP contribution < -0.4 is 0 Å². The van der Waals surface area contributed by atoms with E-state index in [0.717, 1.165) is 0 Å². The number of rotatable bonds is 4. The van der Waals surface area contributed by atoms with Crippen LogP contribution in [0.1, 0.15) is 27.2 Å². The number of hydrogen-bond acceptors (Lipinski definition) is 1. The first-order valence-corrected chi connectivity index (χ1v) is 3.86. The topological polar surface area (TPSA) is 37.3 Å². The molecule has 1 N–H and O–H groups in total. The fourth-order valence-corrected chi connectivity index (χ4v) is 0.712. The molecule has 0 aromatic heterocycles. The molecule has 0 fully saturated rings. The van der Waals surface area contributed by atoms with Crippen molar-refractivity contribution < 1.29 is 9.90 Å². The van der Waals surface area contributed by atoms with Crippen LogP contribution in [0, 0.1) is 11.8 Å². The normalized spacial score (nSPS) is 13.1. The highest BCUT2D eigenvalue weighted by Gasteiger charge is 2.12. The minimum Gasteiger partial charge on any atom is -0.478 e. The molecule has 0 aromatic rings. The van der Waals surface area contributed by atoms with Crippen LogP contribution in [0.2, 0.25) is 0 Å². The number of carboxylic acid groups (broad SMARTS) is 1. The van der Waals surface area contributed by atoms with Crippen molar-refractivity contribution in [1.82, 2.24) is 0 Å². The molecule has 0 saturated carbocycles. The van der Waals surface area contributed by atoms with Gasteiger partial charge in [0.25, 0.3) is 0 Å². The smallest absolute Gasteiger partial charge is 0.330 e. The molecule has 0 aromatic carbocycles. The predicted molar refractivity (Wildman–Crippen MR) is 45.4 cm³/mol. The zero-order valence-electron chi connectivity index (χ0n) is 7.42. The van der Waals surface area contributed by atoms with E-state index >= 15 is 0 Å². The molecule has 1 unspecified atom stereocenters. The van der Waals surface area contributed by atoms with Crippen molar-refractivity contribution >= 4 is 5.97 Å². The first-order valence-electron chi connectivity index (χ1n) is 3.86. The minimum atomic E-state index is -0.877. The number of carbonyl (C=O) groups is 1. The zero-order chi connectivity index (χ0) is 9.02. The van der Waals surface area contributed by atoms with Crippen molar-refractivity contribution in [1.29, 1.82) is 0 Å². The maximum Gasteiger partial charge on any atom is 0.330 e. The largest absolute Gasteiger partial charge is 0.478 e. The molecular formula is C9H16O2. The van der Waals surface area contributed by atoms with Crippen LogP contribution in [0.4, 0.5) is 0 Å². The van der Waals surface area contributed by atoms with Crippen LogP contribution >= 0.6 is 0 Å². The summed E-state index contributed by atoms with van der Waals surface area (Å²) in [6.45, 7) is 9.68. The lowest BCUT2D eigenvalue weighted by Crippen LogP contribution is -2.09. The van der Waals surface area contributed by atoms with Gasteiger partial charge < -0.3 is 5.11 Å². The standard InChI is InChI=1S/C9H16O2/c1-6(2)7(3)5-8(4)9(10)11/h6-7H,4-5H2,1-3H3,(H,10,11). The first-order chi connectivity index (χ1) is 4.95. The van der Waals surface area contributed by atoms with Gasteiger partial charge in [0.1, 0.15) is 0 Å². The van der Waals surface area contributed by atoms with Gasteiger partial charge >= 0.3 is 5.97 Å². The summed E-state index contributed by atoms with van der Waals surface area (Å²) in [7, 11) is 0. The van der Waals surface area contributed by atoms with E-state index in [1.165, 1.54) is 0 Å². The first kappa shape index (κ1) is 10.2. The van der Waals surface area contributed by atoms with E-state index in [1.54, 1.807) is 0 Å². The zero-order valence-corrected chi connectivity index (χ0v) is 7.42. The molecule has 11 heavy (non-hydrogen) atoms. The highest BCUT2D eigenvalue weighted by atomic mass is 16.4. The third kappa shape index (κ3) is 3.81. The SMILES string of the molecule is C=C(CC(C)C(C)C)C(=O)O. The van der Waals surface area contributed by atoms with E-state index < -0.39 is 5.97 Å². The Morgan fingerprint density at radius 3 is 2.18 bits per heavy atom. The van der Waals surface area contributed by atoms with Crippen LogP contribution in [-0.2, 0) is 4.79 Å². The maximum absolute atomic E-state index is 10.4. The van der Waals surface area contributed by atoms with Crippen molar-refractivity contribution in [3.8, 4) is 0 Å². The molecule has 0 aliphatic rings. The van der Waals surface area contributed by atoms with Crippen molar-refractivity contribution in [3.63, 3.8) is 0 Å². The molecule has 2 heteroatoms. The Hall–Kier alpha value is -0.790. The second-order valence-corrected chi connectivity index (χ2v) is 3.33. The highest BCUT2D eigenvalue weighted by Crippen LogP contribution is 2.17. The average Bonchev–Trinajstić information content (AvgIpc) is 1.87. The van der Waals surface area contributed by atoms with Gasteiger partial charge in [-0.05, 0) is 18.3 Å². The Kier molecular flexibility index (Phi) is 3.86. The molecule has 1 atom stereocenters. The lowest BCUT2D eigenvalue weighted by molar-refractivity contribution is -0.132. The summed E-state index contributed by atoms with van der Waals surface area (Å²) in [4.78, 5) is 10.4. The fourth-order valence-electron chi connectivity index (χ4n) is 0.712. The average molecular weight is 156 g/mol. The van der Waals surface area contributed by atoms with Crippen LogP contribution in [0.25, 0.3) is 0 Å². The lowest BCUT2D eigenvalue weighted by Gasteiger charge is -2.14. The molecule has 0 radical (unpaired) electrons. The molecule has 0 saturated heterocycles. The Balaban J connectivity index is 3.85. The van der Waals surface area contributed by atoms with Crippen molar-refractivity contribution in [3.05, 3.63) is 12.2 Å².